The van der Waals surface area contributed by atoms with Crippen LogP contribution in [0, 0.1) is 11.7 Å². The van der Waals surface area contributed by atoms with E-state index >= 15 is 0 Å². The summed E-state index contributed by atoms with van der Waals surface area (Å²) in [4.78, 5) is 32.1. The maximum atomic E-state index is 14.4. The maximum Gasteiger partial charge on any atom is 0.251 e. The van der Waals surface area contributed by atoms with E-state index in [1.54, 1.807) is 40.0 Å². The van der Waals surface area contributed by atoms with Gasteiger partial charge in [-0.05, 0) is 24.6 Å². The molecule has 1 saturated heterocycles. The number of carbonyl (C=O) groups excluding carboxylic acids is 1. The molecule has 3 aromatic heterocycles. The van der Waals surface area contributed by atoms with Crippen LogP contribution >= 0.6 is 0 Å². The van der Waals surface area contributed by atoms with Gasteiger partial charge in [0.05, 0.1) is 12.7 Å². The highest BCUT2D eigenvalue weighted by Gasteiger charge is 2.44. The van der Waals surface area contributed by atoms with Gasteiger partial charge in [-0.3, -0.25) is 18.8 Å². The molecule has 2 aliphatic heterocycles. The largest absolute Gasteiger partial charge is 0.353 e. The summed E-state index contributed by atoms with van der Waals surface area (Å²) >= 11 is 0. The average molecular weight is 423 g/mol. The molecule has 2 bridgehead atoms. The number of anilines is 1. The predicted molar refractivity (Wildman–Crippen MR) is 110 cm³/mol. The fourth-order valence-electron chi connectivity index (χ4n) is 4.80. The lowest BCUT2D eigenvalue weighted by Gasteiger charge is -2.46. The van der Waals surface area contributed by atoms with Gasteiger partial charge < -0.3 is 10.2 Å². The van der Waals surface area contributed by atoms with Gasteiger partial charge in [0.15, 0.2) is 11.6 Å². The number of piperidine rings is 1. The number of nitrogens with zero attached hydrogens (tertiary/aromatic N) is 6. The molecule has 0 aliphatic carbocycles. The van der Waals surface area contributed by atoms with Crippen LogP contribution in [0.15, 0.2) is 53.7 Å². The molecule has 2 aliphatic rings. The van der Waals surface area contributed by atoms with Crippen molar-refractivity contribution in [1.29, 1.82) is 0 Å². The van der Waals surface area contributed by atoms with Crippen LogP contribution < -0.4 is 15.8 Å². The number of pyridine rings is 2. The fraction of sp³-hybridized carbons (Fsp3) is 0.381. The molecule has 0 spiro atoms. The van der Waals surface area contributed by atoms with Crippen molar-refractivity contribution in [1.82, 2.24) is 29.9 Å². The number of hydrogen-bond donors (Lipinski definition) is 1. The summed E-state index contributed by atoms with van der Waals surface area (Å²) in [7, 11) is 0. The number of halogens is 1. The van der Waals surface area contributed by atoms with E-state index in [4.69, 9.17) is 0 Å². The number of fused-ring (bicyclic) bond motifs is 4. The molecule has 0 aromatic carbocycles. The van der Waals surface area contributed by atoms with Crippen molar-refractivity contribution in [2.75, 3.05) is 24.5 Å². The summed E-state index contributed by atoms with van der Waals surface area (Å²) in [5.41, 5.74) is 0.613. The van der Waals surface area contributed by atoms with Crippen molar-refractivity contribution >= 4 is 11.7 Å². The van der Waals surface area contributed by atoms with E-state index in [1.807, 2.05) is 11.0 Å². The SMILES string of the molecule is O=C(NCCn1ccnn1)[C@H]1[C@@H]2C[C@@H](CN(c3ncccc3F)C2)c2cccc(=O)n21. The van der Waals surface area contributed by atoms with Crippen molar-refractivity contribution in [2.24, 2.45) is 5.92 Å². The molecule has 5 heterocycles. The molecule has 9 nitrogen and oxygen atoms in total. The quantitative estimate of drug-likeness (QED) is 0.656. The van der Waals surface area contributed by atoms with Crippen molar-refractivity contribution in [3.05, 3.63) is 70.8 Å². The van der Waals surface area contributed by atoms with Gasteiger partial charge in [-0.1, -0.05) is 11.3 Å². The average Bonchev–Trinajstić information content (AvgIpc) is 3.28. The lowest BCUT2D eigenvalue weighted by atomic mass is 9.78. The Morgan fingerprint density at radius 1 is 1.19 bits per heavy atom. The summed E-state index contributed by atoms with van der Waals surface area (Å²) in [5.74, 6) is -0.440. The van der Waals surface area contributed by atoms with Gasteiger partial charge in [-0.25, -0.2) is 9.37 Å². The Morgan fingerprint density at radius 2 is 2.10 bits per heavy atom. The summed E-state index contributed by atoms with van der Waals surface area (Å²) in [6.45, 7) is 1.85. The number of carbonyl (C=O) groups is 1. The first-order valence-corrected chi connectivity index (χ1v) is 10.3. The van der Waals surface area contributed by atoms with Gasteiger partial charge in [0.25, 0.3) is 5.56 Å². The van der Waals surface area contributed by atoms with Gasteiger partial charge in [0.2, 0.25) is 5.91 Å². The number of rotatable bonds is 5. The van der Waals surface area contributed by atoms with Gasteiger partial charge in [-0.15, -0.1) is 5.10 Å². The second-order valence-corrected chi connectivity index (χ2v) is 7.97. The highest BCUT2D eigenvalue weighted by Crippen LogP contribution is 2.42. The zero-order valence-corrected chi connectivity index (χ0v) is 16.8. The molecule has 1 amide bonds. The molecule has 1 N–H and O–H groups in total. The Balaban J connectivity index is 1.44. The lowest BCUT2D eigenvalue weighted by Crippen LogP contribution is -2.54. The molecule has 0 saturated carbocycles. The Labute approximate surface area is 177 Å². The maximum absolute atomic E-state index is 14.4. The van der Waals surface area contributed by atoms with Gasteiger partial charge in [0, 0.05) is 55.6 Å². The molecule has 160 valence electrons. The van der Waals surface area contributed by atoms with Crippen LogP contribution in [0.2, 0.25) is 0 Å². The lowest BCUT2D eigenvalue weighted by molar-refractivity contribution is -0.126. The van der Waals surface area contributed by atoms with Crippen LogP contribution in [0.4, 0.5) is 10.2 Å². The van der Waals surface area contributed by atoms with E-state index in [-0.39, 0.29) is 34.9 Å². The van der Waals surface area contributed by atoms with Crippen LogP contribution in [-0.4, -0.2) is 50.1 Å². The van der Waals surface area contributed by atoms with Crippen molar-refractivity contribution in [3.63, 3.8) is 0 Å². The normalized spacial score (nSPS) is 22.1. The van der Waals surface area contributed by atoms with E-state index < -0.39 is 6.04 Å². The topological polar surface area (TPSA) is 97.9 Å². The summed E-state index contributed by atoms with van der Waals surface area (Å²) in [5, 5.41) is 10.6. The second kappa shape index (κ2) is 7.93. The molecule has 0 radical (unpaired) electrons. The standard InChI is InChI=1S/C21H22FN7O2/c22-16-3-2-6-23-20(16)27-12-14-11-15(13-27)19(29-17(14)4-1-5-18(29)30)21(31)24-7-9-28-10-8-25-26-28/h1-6,8,10,14-15,19H,7,9,11-13H2,(H,24,31)/t14-,15+,19+/m0/s1. The van der Waals surface area contributed by atoms with Crippen LogP contribution in [0.3, 0.4) is 0 Å². The summed E-state index contributed by atoms with van der Waals surface area (Å²) < 4.78 is 17.7. The van der Waals surface area contributed by atoms with Gasteiger partial charge in [-0.2, -0.15) is 0 Å². The Morgan fingerprint density at radius 3 is 2.90 bits per heavy atom. The van der Waals surface area contributed by atoms with E-state index in [2.05, 4.69) is 20.6 Å². The van der Waals surface area contributed by atoms with Crippen LogP contribution in [-0.2, 0) is 11.3 Å². The molecular formula is C21H22FN7O2. The first-order chi connectivity index (χ1) is 15.1. The zero-order chi connectivity index (χ0) is 21.4. The van der Waals surface area contributed by atoms with Crippen molar-refractivity contribution in [3.8, 4) is 0 Å². The third-order valence-electron chi connectivity index (χ3n) is 6.07. The molecule has 10 heteroatoms. The highest BCUT2D eigenvalue weighted by molar-refractivity contribution is 5.81. The van der Waals surface area contributed by atoms with E-state index in [9.17, 15) is 14.0 Å². The van der Waals surface area contributed by atoms with Crippen molar-refractivity contribution in [2.45, 2.75) is 24.9 Å². The molecule has 31 heavy (non-hydrogen) atoms. The van der Waals surface area contributed by atoms with Crippen molar-refractivity contribution < 1.29 is 9.18 Å². The number of amides is 1. The second-order valence-electron chi connectivity index (χ2n) is 7.97. The number of hydrogen-bond acceptors (Lipinski definition) is 6. The highest BCUT2D eigenvalue weighted by atomic mass is 19.1. The Kier molecular flexibility index (Phi) is 4.97. The van der Waals surface area contributed by atoms with E-state index in [0.717, 1.165) is 12.1 Å². The van der Waals surface area contributed by atoms with Gasteiger partial charge >= 0.3 is 0 Å². The van der Waals surface area contributed by atoms with Crippen LogP contribution in [0.5, 0.6) is 0 Å². The van der Waals surface area contributed by atoms with E-state index in [0.29, 0.717) is 26.2 Å². The molecule has 1 fully saturated rings. The first kappa shape index (κ1) is 19.4. The van der Waals surface area contributed by atoms with Gasteiger partial charge in [0.1, 0.15) is 6.04 Å². The smallest absolute Gasteiger partial charge is 0.251 e. The zero-order valence-electron chi connectivity index (χ0n) is 16.8. The number of aromatic nitrogens is 5. The molecule has 0 unspecified atom stereocenters. The predicted octanol–water partition coefficient (Wildman–Crippen LogP) is 0.955. The molecule has 3 aromatic rings. The Bertz CT molecular complexity index is 1150. The summed E-state index contributed by atoms with van der Waals surface area (Å²) in [6.07, 6.45) is 5.62. The first-order valence-electron chi connectivity index (χ1n) is 10.3. The van der Waals surface area contributed by atoms with Crippen LogP contribution in [0.1, 0.15) is 24.1 Å². The van der Waals surface area contributed by atoms with E-state index in [1.165, 1.54) is 12.1 Å². The summed E-state index contributed by atoms with van der Waals surface area (Å²) in [6, 6.07) is 7.37. The third kappa shape index (κ3) is 3.58. The molecular weight excluding hydrogens is 401 g/mol. The molecule has 5 rings (SSSR count). The minimum absolute atomic E-state index is 0.0215. The fourth-order valence-corrected chi connectivity index (χ4v) is 4.80. The number of nitrogens with one attached hydrogen (secondary N) is 1. The Hall–Kier alpha value is -3.56. The monoisotopic (exact) mass is 423 g/mol. The van der Waals surface area contributed by atoms with Crippen LogP contribution in [0.25, 0.3) is 0 Å². The minimum Gasteiger partial charge on any atom is -0.353 e. The molecule has 3 atom stereocenters. The third-order valence-corrected chi connectivity index (χ3v) is 6.07. The minimum atomic E-state index is -0.662.